The van der Waals surface area contributed by atoms with Crippen LogP contribution in [0.1, 0.15) is 22.3 Å². The van der Waals surface area contributed by atoms with Gasteiger partial charge in [-0.1, -0.05) is 24.3 Å². The van der Waals surface area contributed by atoms with Gasteiger partial charge in [0.25, 0.3) is 0 Å². The highest BCUT2D eigenvalue weighted by Gasteiger charge is 2.13. The van der Waals surface area contributed by atoms with Gasteiger partial charge in [-0.2, -0.15) is 0 Å². The SMILES string of the molecule is C1=Cc2cc(C[n+]3ccn(-c4ccc(-n5cc[n+](Cc6ccc7c(c6)C=CCO7)c5)cc4)c3)ccc2OC1. The van der Waals surface area contributed by atoms with Gasteiger partial charge in [0.15, 0.2) is 0 Å². The van der Waals surface area contributed by atoms with Gasteiger partial charge in [-0.15, -0.1) is 0 Å². The first kappa shape index (κ1) is 22.4. The molecule has 0 bridgehead atoms. The first-order valence-electron chi connectivity index (χ1n) is 12.9. The fraction of sp³-hybridized carbons (Fsp3) is 0.125. The Hall–Kier alpha value is -4.84. The molecule has 38 heavy (non-hydrogen) atoms. The van der Waals surface area contributed by atoms with Crippen molar-refractivity contribution in [3.63, 3.8) is 0 Å². The molecule has 0 spiro atoms. The predicted octanol–water partition coefficient (Wildman–Crippen LogP) is 4.75. The molecule has 3 aromatic carbocycles. The molecule has 186 valence electrons. The van der Waals surface area contributed by atoms with Gasteiger partial charge < -0.3 is 9.47 Å². The molecule has 2 aliphatic heterocycles. The van der Waals surface area contributed by atoms with E-state index in [-0.39, 0.29) is 0 Å². The molecule has 6 nitrogen and oxygen atoms in total. The molecule has 0 atom stereocenters. The lowest BCUT2D eigenvalue weighted by atomic mass is 10.1. The second-order valence-electron chi connectivity index (χ2n) is 9.67. The zero-order valence-corrected chi connectivity index (χ0v) is 21.0. The van der Waals surface area contributed by atoms with Crippen molar-refractivity contribution in [3.8, 4) is 22.9 Å². The van der Waals surface area contributed by atoms with Gasteiger partial charge in [0, 0.05) is 11.1 Å². The van der Waals surface area contributed by atoms with Crippen LogP contribution in [0, 0.1) is 0 Å². The molecule has 2 aromatic heterocycles. The van der Waals surface area contributed by atoms with Gasteiger partial charge in [-0.05, 0) is 71.8 Å². The molecule has 6 heteroatoms. The number of ether oxygens (including phenoxy) is 2. The van der Waals surface area contributed by atoms with Gasteiger partial charge in [0.05, 0.1) is 0 Å². The van der Waals surface area contributed by atoms with Crippen LogP contribution in [0.2, 0.25) is 0 Å². The van der Waals surface area contributed by atoms with Crippen molar-refractivity contribution in [1.82, 2.24) is 9.13 Å². The van der Waals surface area contributed by atoms with Crippen molar-refractivity contribution in [2.24, 2.45) is 0 Å². The van der Waals surface area contributed by atoms with Gasteiger partial charge >= 0.3 is 0 Å². The van der Waals surface area contributed by atoms with Crippen LogP contribution < -0.4 is 18.6 Å². The highest BCUT2D eigenvalue weighted by atomic mass is 16.5. The molecule has 0 saturated carbocycles. The summed E-state index contributed by atoms with van der Waals surface area (Å²) < 4.78 is 20.0. The number of hydrogen-bond donors (Lipinski definition) is 0. The Morgan fingerprint density at radius 1 is 0.605 bits per heavy atom. The molecule has 0 N–H and O–H groups in total. The summed E-state index contributed by atoms with van der Waals surface area (Å²) in [7, 11) is 0. The van der Waals surface area contributed by atoms with Gasteiger partial charge in [-0.3, -0.25) is 0 Å². The van der Waals surface area contributed by atoms with E-state index in [4.69, 9.17) is 9.47 Å². The molecule has 0 fully saturated rings. The highest BCUT2D eigenvalue weighted by molar-refractivity contribution is 5.61. The van der Waals surface area contributed by atoms with Crippen molar-refractivity contribution in [3.05, 3.63) is 133 Å². The van der Waals surface area contributed by atoms with Crippen molar-refractivity contribution in [2.75, 3.05) is 13.2 Å². The fourth-order valence-corrected chi connectivity index (χ4v) is 5.04. The third-order valence-corrected chi connectivity index (χ3v) is 6.97. The van der Waals surface area contributed by atoms with Crippen molar-refractivity contribution in [2.45, 2.75) is 13.1 Å². The quantitative estimate of drug-likeness (QED) is 0.316. The molecule has 0 amide bonds. The van der Waals surface area contributed by atoms with Crippen molar-refractivity contribution in [1.29, 1.82) is 0 Å². The molecular formula is C32H28N4O2+2. The maximum absolute atomic E-state index is 5.67. The van der Waals surface area contributed by atoms with Gasteiger partial charge in [-0.25, -0.2) is 18.3 Å². The van der Waals surface area contributed by atoms with Crippen molar-refractivity contribution < 1.29 is 18.6 Å². The molecule has 0 saturated heterocycles. The first-order valence-corrected chi connectivity index (χ1v) is 12.9. The summed E-state index contributed by atoms with van der Waals surface area (Å²) in [5, 5.41) is 0. The number of imidazole rings is 2. The lowest BCUT2D eigenvalue weighted by Gasteiger charge is -2.12. The van der Waals surface area contributed by atoms with E-state index < -0.39 is 0 Å². The zero-order valence-electron chi connectivity index (χ0n) is 21.0. The van der Waals surface area contributed by atoms with Gasteiger partial charge in [0.1, 0.15) is 74.0 Å². The van der Waals surface area contributed by atoms with E-state index in [1.54, 1.807) is 0 Å². The Kier molecular flexibility index (Phi) is 5.62. The molecule has 2 aliphatic rings. The van der Waals surface area contributed by atoms with Crippen LogP contribution in [-0.4, -0.2) is 22.3 Å². The third kappa shape index (κ3) is 4.52. The van der Waals surface area contributed by atoms with Crippen LogP contribution in [0.4, 0.5) is 0 Å². The Morgan fingerprint density at radius 3 is 1.55 bits per heavy atom. The van der Waals surface area contributed by atoms with E-state index >= 15 is 0 Å². The second kappa shape index (κ2) is 9.56. The minimum absolute atomic E-state index is 0.649. The van der Waals surface area contributed by atoms with Crippen LogP contribution in [0.3, 0.4) is 0 Å². The summed E-state index contributed by atoms with van der Waals surface area (Å²) in [6.45, 7) is 2.92. The predicted molar refractivity (Wildman–Crippen MR) is 146 cm³/mol. The Labute approximate surface area is 221 Å². The molecule has 4 heterocycles. The number of nitrogens with zero attached hydrogens (tertiary/aromatic N) is 4. The summed E-state index contributed by atoms with van der Waals surface area (Å²) in [5.74, 6) is 1.91. The fourth-order valence-electron chi connectivity index (χ4n) is 5.04. The van der Waals surface area contributed by atoms with E-state index in [9.17, 15) is 0 Å². The summed E-state index contributed by atoms with van der Waals surface area (Å²) in [4.78, 5) is 0. The number of benzene rings is 3. The average Bonchev–Trinajstić information content (AvgIpc) is 3.63. The van der Waals surface area contributed by atoms with E-state index in [0.29, 0.717) is 13.2 Å². The maximum atomic E-state index is 5.67. The number of hydrogen-bond acceptors (Lipinski definition) is 2. The lowest BCUT2D eigenvalue weighted by Crippen LogP contribution is -2.31. The average molecular weight is 501 g/mol. The minimum Gasteiger partial charge on any atom is -0.489 e. The number of rotatable bonds is 6. The summed E-state index contributed by atoms with van der Waals surface area (Å²) >= 11 is 0. The van der Waals surface area contributed by atoms with Crippen LogP contribution in [-0.2, 0) is 13.1 Å². The molecule has 0 unspecified atom stereocenters. The number of aromatic nitrogens is 4. The number of fused-ring (bicyclic) bond motifs is 2. The summed E-state index contributed by atoms with van der Waals surface area (Å²) in [5.41, 5.74) is 7.03. The van der Waals surface area contributed by atoms with E-state index in [0.717, 1.165) is 47.1 Å². The summed E-state index contributed by atoms with van der Waals surface area (Å²) in [6, 6.07) is 21.4. The van der Waals surface area contributed by atoms with E-state index in [1.165, 1.54) is 11.1 Å². The van der Waals surface area contributed by atoms with Crippen molar-refractivity contribution >= 4 is 12.2 Å². The van der Waals surface area contributed by atoms with Crippen LogP contribution in [0.15, 0.2) is 110 Å². The van der Waals surface area contributed by atoms with E-state index in [1.807, 2.05) is 0 Å². The Morgan fingerprint density at radius 2 is 1.08 bits per heavy atom. The second-order valence-corrected chi connectivity index (χ2v) is 9.67. The molecule has 0 aliphatic carbocycles. The van der Waals surface area contributed by atoms with Crippen LogP contribution >= 0.6 is 0 Å². The first-order chi connectivity index (χ1) is 18.8. The Bertz CT molecular complexity index is 1550. The maximum Gasteiger partial charge on any atom is 0.249 e. The molecule has 0 radical (unpaired) electrons. The summed E-state index contributed by atoms with van der Waals surface area (Å²) in [6.07, 6.45) is 21.0. The molecule has 7 rings (SSSR count). The van der Waals surface area contributed by atoms with Crippen LogP contribution in [0.5, 0.6) is 11.5 Å². The normalized spacial score (nSPS) is 13.5. The largest absolute Gasteiger partial charge is 0.489 e. The molecular weight excluding hydrogens is 472 g/mol. The standard InChI is InChI=1S/C32H28N4O2/c1-3-27-19-25(5-11-31(27)37-17-1)21-33-13-15-35(23-33)29-7-9-30(10-8-29)36-16-14-34(24-36)22-26-6-12-32-28(20-26)4-2-18-38-32/h1-16,19-20,23-24H,17-18,21-22H2/q+2. The molecule has 5 aromatic rings. The third-order valence-electron chi connectivity index (χ3n) is 6.97. The van der Waals surface area contributed by atoms with Crippen LogP contribution in [0.25, 0.3) is 23.5 Å². The lowest BCUT2D eigenvalue weighted by molar-refractivity contribution is -0.687. The monoisotopic (exact) mass is 500 g/mol. The topological polar surface area (TPSA) is 36.1 Å². The Balaban J connectivity index is 1.03. The van der Waals surface area contributed by atoms with Gasteiger partial charge in [0.2, 0.25) is 12.7 Å². The highest BCUT2D eigenvalue weighted by Crippen LogP contribution is 2.25. The smallest absolute Gasteiger partial charge is 0.249 e. The zero-order chi connectivity index (χ0) is 25.3. The van der Waals surface area contributed by atoms with E-state index in [2.05, 4.69) is 141 Å². The minimum atomic E-state index is 0.649.